The molecule has 2 fully saturated rings. The van der Waals surface area contributed by atoms with E-state index in [-0.39, 0.29) is 5.92 Å². The molecule has 1 saturated carbocycles. The van der Waals surface area contributed by atoms with Gasteiger partial charge in [-0.3, -0.25) is 4.79 Å². The van der Waals surface area contributed by atoms with Crippen LogP contribution in [0.4, 0.5) is 0 Å². The molecule has 12 heavy (non-hydrogen) atoms. The average molecular weight is 173 g/mol. The van der Waals surface area contributed by atoms with Gasteiger partial charge in [0.2, 0.25) is 0 Å². The van der Waals surface area contributed by atoms with Crippen molar-refractivity contribution >= 4 is 5.97 Å². The highest BCUT2D eigenvalue weighted by Gasteiger charge is 2.53. The van der Waals surface area contributed by atoms with Gasteiger partial charge >= 0.3 is 5.97 Å². The SMILES string of the molecule is N[C@H]1C(=O)O[C@H]2[C@H](O)[C@H](O)C[C@H]21. The zero-order valence-electron chi connectivity index (χ0n) is 6.38. The number of fused-ring (bicyclic) bond motifs is 1. The Kier molecular flexibility index (Phi) is 1.61. The fraction of sp³-hybridized carbons (Fsp3) is 0.857. The number of hydrogen-bond donors (Lipinski definition) is 3. The van der Waals surface area contributed by atoms with Crippen molar-refractivity contribution in [2.24, 2.45) is 11.7 Å². The maximum Gasteiger partial charge on any atom is 0.323 e. The Hall–Kier alpha value is -0.650. The van der Waals surface area contributed by atoms with Crippen molar-refractivity contribution in [3.05, 3.63) is 0 Å². The molecule has 1 aliphatic carbocycles. The van der Waals surface area contributed by atoms with Crippen molar-refractivity contribution in [2.45, 2.75) is 30.8 Å². The molecule has 1 saturated heterocycles. The second-order valence-electron chi connectivity index (χ2n) is 3.38. The highest BCUT2D eigenvalue weighted by molar-refractivity contribution is 5.78. The first-order chi connectivity index (χ1) is 5.61. The zero-order chi connectivity index (χ0) is 8.88. The molecule has 0 radical (unpaired) electrons. The summed E-state index contributed by atoms with van der Waals surface area (Å²) in [6.45, 7) is 0. The molecule has 0 aromatic heterocycles. The predicted octanol–water partition coefficient (Wildman–Crippen LogP) is -2.02. The van der Waals surface area contributed by atoms with Crippen LogP contribution in [-0.4, -0.2) is 40.5 Å². The van der Waals surface area contributed by atoms with Crippen molar-refractivity contribution in [1.82, 2.24) is 0 Å². The molecule has 0 aromatic carbocycles. The topological polar surface area (TPSA) is 92.8 Å². The lowest BCUT2D eigenvalue weighted by molar-refractivity contribution is -0.147. The number of hydrogen-bond acceptors (Lipinski definition) is 5. The van der Waals surface area contributed by atoms with E-state index in [2.05, 4.69) is 0 Å². The van der Waals surface area contributed by atoms with Crippen molar-refractivity contribution in [1.29, 1.82) is 0 Å². The summed E-state index contributed by atoms with van der Waals surface area (Å²) in [5.41, 5.74) is 5.49. The van der Waals surface area contributed by atoms with Crippen LogP contribution in [0.25, 0.3) is 0 Å². The van der Waals surface area contributed by atoms with Gasteiger partial charge in [0.15, 0.2) is 0 Å². The molecule has 5 heteroatoms. The minimum absolute atomic E-state index is 0.220. The Bertz CT molecular complexity index is 219. The molecule has 2 rings (SSSR count). The van der Waals surface area contributed by atoms with Crippen LogP contribution < -0.4 is 5.73 Å². The van der Waals surface area contributed by atoms with Gasteiger partial charge in [-0.2, -0.15) is 0 Å². The number of rotatable bonds is 0. The molecule has 0 bridgehead atoms. The molecule has 68 valence electrons. The molecule has 4 N–H and O–H groups in total. The van der Waals surface area contributed by atoms with Crippen LogP contribution in [0.3, 0.4) is 0 Å². The van der Waals surface area contributed by atoms with Gasteiger partial charge in [-0.1, -0.05) is 0 Å². The van der Waals surface area contributed by atoms with Gasteiger partial charge < -0.3 is 20.7 Å². The van der Waals surface area contributed by atoms with E-state index in [1.54, 1.807) is 0 Å². The summed E-state index contributed by atoms with van der Waals surface area (Å²) in [4.78, 5) is 10.9. The molecule has 5 nitrogen and oxygen atoms in total. The first-order valence-electron chi connectivity index (χ1n) is 3.93. The van der Waals surface area contributed by atoms with Gasteiger partial charge in [-0.25, -0.2) is 0 Å². The van der Waals surface area contributed by atoms with Crippen LogP contribution in [0, 0.1) is 5.92 Å². The molecule has 0 aromatic rings. The monoisotopic (exact) mass is 173 g/mol. The third kappa shape index (κ3) is 0.872. The van der Waals surface area contributed by atoms with Gasteiger partial charge in [0.1, 0.15) is 18.2 Å². The molecule has 5 atom stereocenters. The number of aliphatic hydroxyl groups excluding tert-OH is 2. The van der Waals surface area contributed by atoms with Crippen molar-refractivity contribution in [2.75, 3.05) is 0 Å². The van der Waals surface area contributed by atoms with Gasteiger partial charge in [-0.05, 0) is 6.42 Å². The summed E-state index contributed by atoms with van der Waals surface area (Å²) in [5, 5.41) is 18.5. The lowest BCUT2D eigenvalue weighted by atomic mass is 10.00. The number of aliphatic hydroxyl groups is 2. The minimum atomic E-state index is -0.965. The molecular weight excluding hydrogens is 162 g/mol. The van der Waals surface area contributed by atoms with Crippen LogP contribution in [0.2, 0.25) is 0 Å². The maximum absolute atomic E-state index is 10.9. The Morgan fingerprint density at radius 3 is 2.75 bits per heavy atom. The van der Waals surface area contributed by atoms with Gasteiger partial charge in [0, 0.05) is 5.92 Å². The molecule has 0 amide bonds. The third-order valence-electron chi connectivity index (χ3n) is 2.65. The Labute approximate surface area is 69.1 Å². The van der Waals surface area contributed by atoms with Crippen LogP contribution >= 0.6 is 0 Å². The summed E-state index contributed by atoms with van der Waals surface area (Å²) in [5.74, 6) is -0.696. The smallest absolute Gasteiger partial charge is 0.323 e. The summed E-state index contributed by atoms with van der Waals surface area (Å²) in [7, 11) is 0. The van der Waals surface area contributed by atoms with E-state index >= 15 is 0 Å². The van der Waals surface area contributed by atoms with E-state index in [0.29, 0.717) is 6.42 Å². The first kappa shape index (κ1) is 7.97. The van der Waals surface area contributed by atoms with Gasteiger partial charge in [0.05, 0.1) is 6.10 Å². The number of nitrogens with two attached hydrogens (primary N) is 1. The van der Waals surface area contributed by atoms with E-state index < -0.39 is 30.3 Å². The van der Waals surface area contributed by atoms with Crippen molar-refractivity contribution < 1.29 is 19.7 Å². The normalized spacial score (nSPS) is 52.2. The lowest BCUT2D eigenvalue weighted by Gasteiger charge is -2.12. The summed E-state index contributed by atoms with van der Waals surface area (Å²) >= 11 is 0. The number of ether oxygens (including phenoxy) is 1. The molecule has 1 heterocycles. The van der Waals surface area contributed by atoms with Crippen LogP contribution in [0.5, 0.6) is 0 Å². The fourth-order valence-electron chi connectivity index (χ4n) is 1.92. The number of carbonyl (C=O) groups is 1. The third-order valence-corrected chi connectivity index (χ3v) is 2.65. The van der Waals surface area contributed by atoms with E-state index in [4.69, 9.17) is 10.5 Å². The quantitative estimate of drug-likeness (QED) is 0.368. The van der Waals surface area contributed by atoms with Crippen LogP contribution in [-0.2, 0) is 9.53 Å². The molecule has 0 spiro atoms. The van der Waals surface area contributed by atoms with E-state index in [1.165, 1.54) is 0 Å². The predicted molar refractivity (Wildman–Crippen MR) is 38.0 cm³/mol. The fourth-order valence-corrected chi connectivity index (χ4v) is 1.92. The Morgan fingerprint density at radius 2 is 2.17 bits per heavy atom. The van der Waals surface area contributed by atoms with Crippen molar-refractivity contribution in [3.8, 4) is 0 Å². The summed E-state index contributed by atoms with van der Waals surface area (Å²) in [6, 6.07) is -0.679. The Balaban J connectivity index is 2.19. The highest BCUT2D eigenvalue weighted by atomic mass is 16.6. The van der Waals surface area contributed by atoms with E-state index in [1.807, 2.05) is 0 Å². The van der Waals surface area contributed by atoms with Gasteiger partial charge in [-0.15, -0.1) is 0 Å². The lowest BCUT2D eigenvalue weighted by Crippen LogP contribution is -2.32. The van der Waals surface area contributed by atoms with Crippen LogP contribution in [0.1, 0.15) is 6.42 Å². The highest BCUT2D eigenvalue weighted by Crippen LogP contribution is 2.36. The second kappa shape index (κ2) is 2.42. The van der Waals surface area contributed by atoms with E-state index in [9.17, 15) is 15.0 Å². The van der Waals surface area contributed by atoms with E-state index in [0.717, 1.165) is 0 Å². The van der Waals surface area contributed by atoms with Crippen molar-refractivity contribution in [3.63, 3.8) is 0 Å². The second-order valence-corrected chi connectivity index (χ2v) is 3.38. The average Bonchev–Trinajstić information content (AvgIpc) is 2.43. The largest absolute Gasteiger partial charge is 0.458 e. The standard InChI is InChI=1S/C7H11NO4/c8-4-2-1-3(9)5(10)6(2)12-7(4)11/h2-6,9-10H,1,8H2/t2-,3+,4+,5+,6+/m0/s1. The molecular formula is C7H11NO4. The van der Waals surface area contributed by atoms with Crippen LogP contribution in [0.15, 0.2) is 0 Å². The first-order valence-corrected chi connectivity index (χ1v) is 3.93. The molecule has 1 aliphatic heterocycles. The number of esters is 1. The van der Waals surface area contributed by atoms with Gasteiger partial charge in [0.25, 0.3) is 0 Å². The Morgan fingerprint density at radius 1 is 1.50 bits per heavy atom. The molecule has 0 unspecified atom stereocenters. The molecule has 2 aliphatic rings. The summed E-state index contributed by atoms with van der Waals surface area (Å²) < 4.78 is 4.81. The summed E-state index contributed by atoms with van der Waals surface area (Å²) in [6.07, 6.45) is -2.02. The minimum Gasteiger partial charge on any atom is -0.458 e. The zero-order valence-corrected chi connectivity index (χ0v) is 6.38. The maximum atomic E-state index is 10.9. The number of carbonyl (C=O) groups excluding carboxylic acids is 1.